The Morgan fingerprint density at radius 1 is 0.947 bits per heavy atom. The summed E-state index contributed by atoms with van der Waals surface area (Å²) in [6, 6.07) is 17.7. The summed E-state index contributed by atoms with van der Waals surface area (Å²) in [7, 11) is 0. The number of aliphatic hydroxyl groups is 1. The Morgan fingerprint density at radius 2 is 1.63 bits per heavy atom. The maximum atomic E-state index is 9.79. The zero-order valence-corrected chi connectivity index (χ0v) is 10.5. The van der Waals surface area contributed by atoms with E-state index in [-0.39, 0.29) is 6.10 Å². The molecule has 0 amide bonds. The van der Waals surface area contributed by atoms with Crippen LogP contribution in [0.25, 0.3) is 0 Å². The first kappa shape index (κ1) is 12.4. The molecule has 19 heavy (non-hydrogen) atoms. The Balaban J connectivity index is 1.60. The number of ether oxygens (including phenoxy) is 2. The van der Waals surface area contributed by atoms with Gasteiger partial charge in [0.05, 0.1) is 13.2 Å². The number of fused-ring (bicyclic) bond motifs is 1. The average Bonchev–Trinajstić information content (AvgIpc) is 2.78. The molecule has 0 saturated heterocycles. The Bertz CT molecular complexity index is 539. The lowest BCUT2D eigenvalue weighted by Crippen LogP contribution is -2.07. The van der Waals surface area contributed by atoms with Gasteiger partial charge in [0.2, 0.25) is 0 Å². The van der Waals surface area contributed by atoms with Crippen LogP contribution in [-0.4, -0.2) is 11.7 Å². The summed E-state index contributed by atoms with van der Waals surface area (Å²) in [5.74, 6) is 0. The minimum absolute atomic E-state index is 0.185. The molecule has 0 aromatic heterocycles. The summed E-state index contributed by atoms with van der Waals surface area (Å²) in [4.78, 5) is 0. The molecule has 98 valence electrons. The molecule has 0 fully saturated rings. The fourth-order valence-corrected chi connectivity index (χ4v) is 2.32. The van der Waals surface area contributed by atoms with Crippen molar-refractivity contribution in [2.75, 3.05) is 6.61 Å². The van der Waals surface area contributed by atoms with Crippen LogP contribution in [0.5, 0.6) is 0 Å². The largest absolute Gasteiger partial charge is 0.374 e. The van der Waals surface area contributed by atoms with Gasteiger partial charge in [0.1, 0.15) is 6.10 Å². The Labute approximate surface area is 112 Å². The molecule has 1 aliphatic heterocycles. The highest BCUT2D eigenvalue weighted by molar-refractivity contribution is 5.33. The van der Waals surface area contributed by atoms with Crippen LogP contribution in [0.4, 0.5) is 0 Å². The lowest BCUT2D eigenvalue weighted by atomic mass is 10.1. The van der Waals surface area contributed by atoms with Crippen molar-refractivity contribution in [3.8, 4) is 0 Å². The number of hydrogen-bond acceptors (Lipinski definition) is 3. The topological polar surface area (TPSA) is 38.7 Å². The van der Waals surface area contributed by atoms with E-state index in [1.807, 2.05) is 54.6 Å². The molecule has 0 aliphatic carbocycles. The third kappa shape index (κ3) is 2.68. The second kappa shape index (κ2) is 5.53. The van der Waals surface area contributed by atoms with Crippen molar-refractivity contribution >= 4 is 0 Å². The molecular formula is C16H16O3. The van der Waals surface area contributed by atoms with Crippen molar-refractivity contribution in [1.29, 1.82) is 0 Å². The van der Waals surface area contributed by atoms with Crippen molar-refractivity contribution < 1.29 is 14.6 Å². The lowest BCUT2D eigenvalue weighted by Gasteiger charge is -2.12. The molecule has 2 atom stereocenters. The SMILES string of the molecule is O[C@H]1O[C@@H](COCc2ccccc2)c2ccccc21. The molecule has 0 saturated carbocycles. The van der Waals surface area contributed by atoms with Crippen LogP contribution in [0.3, 0.4) is 0 Å². The highest BCUT2D eigenvalue weighted by Crippen LogP contribution is 2.37. The molecule has 2 aromatic rings. The molecule has 3 rings (SSSR count). The minimum Gasteiger partial charge on any atom is -0.374 e. The van der Waals surface area contributed by atoms with E-state index in [0.29, 0.717) is 13.2 Å². The number of rotatable bonds is 4. The first-order chi connectivity index (χ1) is 9.34. The van der Waals surface area contributed by atoms with E-state index in [1.54, 1.807) is 0 Å². The molecule has 1 heterocycles. The molecule has 0 radical (unpaired) electrons. The highest BCUT2D eigenvalue weighted by atomic mass is 16.6. The zero-order chi connectivity index (χ0) is 13.1. The molecule has 0 bridgehead atoms. The summed E-state index contributed by atoms with van der Waals surface area (Å²) in [6.45, 7) is 1.00. The van der Waals surface area contributed by atoms with Gasteiger partial charge in [0.25, 0.3) is 0 Å². The van der Waals surface area contributed by atoms with Crippen molar-refractivity contribution in [2.45, 2.75) is 19.0 Å². The maximum absolute atomic E-state index is 9.79. The van der Waals surface area contributed by atoms with E-state index in [0.717, 1.165) is 16.7 Å². The second-order valence-corrected chi connectivity index (χ2v) is 4.61. The summed E-state index contributed by atoms with van der Waals surface area (Å²) in [5, 5.41) is 9.79. The van der Waals surface area contributed by atoms with Gasteiger partial charge >= 0.3 is 0 Å². The van der Waals surface area contributed by atoms with Crippen molar-refractivity contribution in [3.05, 3.63) is 71.3 Å². The lowest BCUT2D eigenvalue weighted by molar-refractivity contribution is -0.139. The van der Waals surface area contributed by atoms with Gasteiger partial charge in [0.15, 0.2) is 6.29 Å². The van der Waals surface area contributed by atoms with Crippen LogP contribution in [0, 0.1) is 0 Å². The molecule has 3 nitrogen and oxygen atoms in total. The monoisotopic (exact) mass is 256 g/mol. The van der Waals surface area contributed by atoms with Gasteiger partial charge in [-0.2, -0.15) is 0 Å². The van der Waals surface area contributed by atoms with Crippen molar-refractivity contribution in [1.82, 2.24) is 0 Å². The van der Waals surface area contributed by atoms with E-state index < -0.39 is 6.29 Å². The summed E-state index contributed by atoms with van der Waals surface area (Å²) < 4.78 is 11.2. The summed E-state index contributed by atoms with van der Waals surface area (Å²) in [6.07, 6.45) is -1.02. The van der Waals surface area contributed by atoms with E-state index in [2.05, 4.69) is 0 Å². The van der Waals surface area contributed by atoms with Gasteiger partial charge in [0, 0.05) is 5.56 Å². The van der Waals surface area contributed by atoms with Crippen LogP contribution in [0.15, 0.2) is 54.6 Å². The van der Waals surface area contributed by atoms with Crippen molar-refractivity contribution in [3.63, 3.8) is 0 Å². The minimum atomic E-state index is -0.832. The highest BCUT2D eigenvalue weighted by Gasteiger charge is 2.29. The van der Waals surface area contributed by atoms with E-state index in [4.69, 9.17) is 9.47 Å². The van der Waals surface area contributed by atoms with Gasteiger partial charge in [-0.1, -0.05) is 54.6 Å². The van der Waals surface area contributed by atoms with Gasteiger partial charge < -0.3 is 14.6 Å². The van der Waals surface area contributed by atoms with Gasteiger partial charge in [-0.15, -0.1) is 0 Å². The second-order valence-electron chi connectivity index (χ2n) is 4.61. The number of aliphatic hydroxyl groups excluding tert-OH is 1. The fourth-order valence-electron chi connectivity index (χ4n) is 2.32. The van der Waals surface area contributed by atoms with Gasteiger partial charge in [-0.3, -0.25) is 0 Å². The quantitative estimate of drug-likeness (QED) is 0.914. The van der Waals surface area contributed by atoms with E-state index >= 15 is 0 Å². The molecular weight excluding hydrogens is 240 g/mol. The fraction of sp³-hybridized carbons (Fsp3) is 0.250. The van der Waals surface area contributed by atoms with Crippen LogP contribution >= 0.6 is 0 Å². The predicted octanol–water partition coefficient (Wildman–Crippen LogP) is 2.97. The van der Waals surface area contributed by atoms with Gasteiger partial charge in [-0.25, -0.2) is 0 Å². The molecule has 2 aromatic carbocycles. The van der Waals surface area contributed by atoms with Crippen LogP contribution in [0.1, 0.15) is 29.1 Å². The third-order valence-electron chi connectivity index (χ3n) is 3.28. The third-order valence-corrected chi connectivity index (χ3v) is 3.28. The normalized spacial score (nSPS) is 21.3. The first-order valence-electron chi connectivity index (χ1n) is 6.38. The van der Waals surface area contributed by atoms with Crippen LogP contribution < -0.4 is 0 Å². The van der Waals surface area contributed by atoms with E-state index in [9.17, 15) is 5.11 Å². The zero-order valence-electron chi connectivity index (χ0n) is 10.5. The van der Waals surface area contributed by atoms with Crippen LogP contribution in [0.2, 0.25) is 0 Å². The summed E-state index contributed by atoms with van der Waals surface area (Å²) in [5.41, 5.74) is 2.99. The average molecular weight is 256 g/mol. The number of benzene rings is 2. The van der Waals surface area contributed by atoms with Gasteiger partial charge in [-0.05, 0) is 11.1 Å². The Kier molecular flexibility index (Phi) is 3.60. The smallest absolute Gasteiger partial charge is 0.182 e. The molecule has 3 heteroatoms. The maximum Gasteiger partial charge on any atom is 0.182 e. The Hall–Kier alpha value is -1.68. The first-order valence-corrected chi connectivity index (χ1v) is 6.38. The Morgan fingerprint density at radius 3 is 2.42 bits per heavy atom. The predicted molar refractivity (Wildman–Crippen MR) is 71.3 cm³/mol. The molecule has 0 spiro atoms. The van der Waals surface area contributed by atoms with E-state index in [1.165, 1.54) is 0 Å². The molecule has 0 unspecified atom stereocenters. The molecule has 1 N–H and O–H groups in total. The summed E-state index contributed by atoms with van der Waals surface area (Å²) >= 11 is 0. The van der Waals surface area contributed by atoms with Crippen molar-refractivity contribution in [2.24, 2.45) is 0 Å². The standard InChI is InChI=1S/C16H16O3/c17-16-14-9-5-4-8-13(14)15(19-16)11-18-10-12-6-2-1-3-7-12/h1-9,15-17H,10-11H2/t15-,16-/m0/s1. The van der Waals surface area contributed by atoms with Crippen LogP contribution in [-0.2, 0) is 16.1 Å². The molecule has 1 aliphatic rings. The number of hydrogen-bond donors (Lipinski definition) is 1.